The Bertz CT molecular complexity index is 1040. The van der Waals surface area contributed by atoms with Gasteiger partial charge in [0.25, 0.3) is 0 Å². The zero-order valence-electron chi connectivity index (χ0n) is 14.9. The second-order valence-corrected chi connectivity index (χ2v) is 8.76. The quantitative estimate of drug-likeness (QED) is 0.839. The lowest BCUT2D eigenvalue weighted by Crippen LogP contribution is -2.35. The molecule has 140 valence electrons. The van der Waals surface area contributed by atoms with Crippen molar-refractivity contribution in [3.63, 3.8) is 0 Å². The Morgan fingerprint density at radius 1 is 1.04 bits per heavy atom. The first kappa shape index (κ1) is 17.8. The summed E-state index contributed by atoms with van der Waals surface area (Å²) in [5.74, 6) is -0.618. The summed E-state index contributed by atoms with van der Waals surface area (Å²) in [6.45, 7) is 1.87. The summed E-state index contributed by atoms with van der Waals surface area (Å²) < 4.78 is 28.6. The van der Waals surface area contributed by atoms with Gasteiger partial charge in [0.1, 0.15) is 16.4 Å². The molecule has 2 aromatic rings. The Hall–Kier alpha value is -2.57. The summed E-state index contributed by atoms with van der Waals surface area (Å²) in [6, 6.07) is 10.7. The average molecular weight is 383 g/mol. The number of allylic oxidation sites excluding steroid dienone is 3. The molecule has 1 aliphatic heterocycles. The molecule has 1 unspecified atom stereocenters. The maximum absolute atomic E-state index is 13.5. The molecule has 1 aliphatic carbocycles. The number of nitrogens with zero attached hydrogens (tertiary/aromatic N) is 1. The lowest BCUT2D eigenvalue weighted by atomic mass is 9.88. The van der Waals surface area contributed by atoms with Crippen molar-refractivity contribution in [1.82, 2.24) is 4.31 Å². The van der Waals surface area contributed by atoms with E-state index in [4.69, 9.17) is 0 Å². The monoisotopic (exact) mass is 383 g/mol. The highest BCUT2D eigenvalue weighted by Crippen LogP contribution is 2.50. The second kappa shape index (κ2) is 6.55. The molecule has 5 nitrogen and oxygen atoms in total. The van der Waals surface area contributed by atoms with E-state index in [2.05, 4.69) is 0 Å². The summed E-state index contributed by atoms with van der Waals surface area (Å²) in [5.41, 5.74) is 1.98. The molecule has 0 radical (unpaired) electrons. The number of phenolic OH excluding ortho intramolecular Hbond substituents is 2. The fourth-order valence-electron chi connectivity index (χ4n) is 4.12. The number of phenols is 2. The van der Waals surface area contributed by atoms with Crippen LogP contribution < -0.4 is 0 Å². The van der Waals surface area contributed by atoms with Gasteiger partial charge in [-0.1, -0.05) is 48.6 Å². The van der Waals surface area contributed by atoms with E-state index in [0.29, 0.717) is 0 Å². The summed E-state index contributed by atoms with van der Waals surface area (Å²) in [5, 5.41) is 19.7. The zero-order chi connectivity index (χ0) is 19.2. The average Bonchev–Trinajstić information content (AvgIpc) is 2.96. The molecule has 3 atom stereocenters. The van der Waals surface area contributed by atoms with Gasteiger partial charge in [-0.2, -0.15) is 4.31 Å². The van der Waals surface area contributed by atoms with Crippen molar-refractivity contribution in [3.05, 3.63) is 77.9 Å². The summed E-state index contributed by atoms with van der Waals surface area (Å²) in [7, 11) is -3.99. The minimum Gasteiger partial charge on any atom is -0.508 e. The van der Waals surface area contributed by atoms with Gasteiger partial charge in [-0.15, -0.1) is 0 Å². The third kappa shape index (κ3) is 2.85. The molecular formula is C21H21NO4S. The number of hydrogen-bond acceptors (Lipinski definition) is 4. The Morgan fingerprint density at radius 3 is 2.44 bits per heavy atom. The molecule has 0 aromatic heterocycles. The molecule has 0 fully saturated rings. The van der Waals surface area contributed by atoms with E-state index in [-0.39, 0.29) is 28.6 Å². The van der Waals surface area contributed by atoms with Crippen LogP contribution in [0.1, 0.15) is 36.6 Å². The number of rotatable bonds is 3. The highest BCUT2D eigenvalue weighted by atomic mass is 32.2. The fourth-order valence-corrected chi connectivity index (χ4v) is 6.01. The number of aromatic hydroxyl groups is 2. The van der Waals surface area contributed by atoms with Gasteiger partial charge < -0.3 is 10.2 Å². The van der Waals surface area contributed by atoms with Crippen LogP contribution in [0, 0.1) is 5.92 Å². The number of fused-ring (bicyclic) bond motifs is 1. The third-order valence-corrected chi connectivity index (χ3v) is 7.34. The molecule has 0 amide bonds. The van der Waals surface area contributed by atoms with Crippen LogP contribution in [0.3, 0.4) is 0 Å². The van der Waals surface area contributed by atoms with Crippen molar-refractivity contribution in [2.45, 2.75) is 30.3 Å². The van der Waals surface area contributed by atoms with E-state index in [1.54, 1.807) is 0 Å². The van der Waals surface area contributed by atoms with Crippen LogP contribution in [0.15, 0.2) is 71.7 Å². The number of sulfonamides is 1. The highest BCUT2D eigenvalue weighted by Gasteiger charge is 2.46. The van der Waals surface area contributed by atoms with Gasteiger partial charge in [-0.25, -0.2) is 8.42 Å². The van der Waals surface area contributed by atoms with E-state index in [0.717, 1.165) is 23.6 Å². The lowest BCUT2D eigenvalue weighted by molar-refractivity contribution is 0.252. The Morgan fingerprint density at radius 2 is 1.78 bits per heavy atom. The molecule has 27 heavy (non-hydrogen) atoms. The fraction of sp³-hybridized carbons (Fsp3) is 0.238. The molecule has 0 saturated heterocycles. The number of benzene rings is 2. The molecular weight excluding hydrogens is 362 g/mol. The summed E-state index contributed by atoms with van der Waals surface area (Å²) in [4.78, 5) is -0.194. The van der Waals surface area contributed by atoms with Crippen LogP contribution >= 0.6 is 0 Å². The third-order valence-electron chi connectivity index (χ3n) is 5.34. The maximum atomic E-state index is 13.5. The molecule has 4 rings (SSSR count). The predicted octanol–water partition coefficient (Wildman–Crippen LogP) is 4.04. The Balaban J connectivity index is 1.87. The van der Waals surface area contributed by atoms with Crippen LogP contribution in [-0.4, -0.2) is 22.9 Å². The van der Waals surface area contributed by atoms with E-state index in [9.17, 15) is 18.6 Å². The van der Waals surface area contributed by atoms with Crippen LogP contribution in [0.5, 0.6) is 11.5 Å². The van der Waals surface area contributed by atoms with E-state index < -0.39 is 15.8 Å². The number of hydrogen-bond donors (Lipinski definition) is 2. The van der Waals surface area contributed by atoms with Gasteiger partial charge in [-0.05, 0) is 36.6 Å². The van der Waals surface area contributed by atoms with Crippen molar-refractivity contribution in [2.75, 3.05) is 0 Å². The maximum Gasteiger partial charge on any atom is 0.247 e. The molecule has 1 heterocycles. The summed E-state index contributed by atoms with van der Waals surface area (Å²) >= 11 is 0. The lowest BCUT2D eigenvalue weighted by Gasteiger charge is -2.33. The van der Waals surface area contributed by atoms with Crippen LogP contribution in [0.4, 0.5) is 0 Å². The molecule has 0 bridgehead atoms. The normalized spacial score (nSPS) is 24.9. The summed E-state index contributed by atoms with van der Waals surface area (Å²) in [6.07, 6.45) is 8.74. The first-order valence-electron chi connectivity index (χ1n) is 8.89. The molecule has 2 aliphatic rings. The van der Waals surface area contributed by atoms with Gasteiger partial charge >= 0.3 is 0 Å². The van der Waals surface area contributed by atoms with Crippen LogP contribution in [0.2, 0.25) is 0 Å². The van der Waals surface area contributed by atoms with Crippen molar-refractivity contribution in [1.29, 1.82) is 0 Å². The molecule has 6 heteroatoms. The minimum atomic E-state index is -3.99. The standard InChI is InChI=1S/C21H21NO4S/c1-14-17-9-5-6-10-18(17)21(15-7-3-2-4-8-15)22(14)27(25,26)20-12-11-16(23)13-19(20)24/h2-7,9-15,21,23-24H,8H2,1H3/t14-,15?,21-/m1/s1. The van der Waals surface area contributed by atoms with Gasteiger partial charge in [0, 0.05) is 18.0 Å². The highest BCUT2D eigenvalue weighted by molar-refractivity contribution is 7.89. The van der Waals surface area contributed by atoms with Gasteiger partial charge in [0.15, 0.2) is 0 Å². The van der Waals surface area contributed by atoms with Crippen molar-refractivity contribution >= 4 is 10.0 Å². The van der Waals surface area contributed by atoms with Crippen molar-refractivity contribution in [3.8, 4) is 11.5 Å². The predicted molar refractivity (Wildman–Crippen MR) is 103 cm³/mol. The van der Waals surface area contributed by atoms with Crippen LogP contribution in [-0.2, 0) is 10.0 Å². The van der Waals surface area contributed by atoms with E-state index in [1.165, 1.54) is 16.4 Å². The Kier molecular flexibility index (Phi) is 4.32. The Labute approximate surface area is 158 Å². The topological polar surface area (TPSA) is 77.8 Å². The second-order valence-electron chi connectivity index (χ2n) is 6.95. The van der Waals surface area contributed by atoms with Crippen molar-refractivity contribution in [2.24, 2.45) is 5.92 Å². The minimum absolute atomic E-state index is 0.00938. The van der Waals surface area contributed by atoms with Gasteiger partial charge in [-0.3, -0.25) is 0 Å². The van der Waals surface area contributed by atoms with E-state index in [1.807, 2.05) is 55.5 Å². The van der Waals surface area contributed by atoms with E-state index >= 15 is 0 Å². The first-order valence-corrected chi connectivity index (χ1v) is 10.3. The SMILES string of the molecule is C[C@@H]1c2ccccc2[C@@H](C2C=CC=CC2)N1S(=O)(=O)c1ccc(O)cc1O. The first-order chi connectivity index (χ1) is 12.9. The molecule has 0 spiro atoms. The van der Waals surface area contributed by atoms with Gasteiger partial charge in [0.05, 0.1) is 6.04 Å². The molecule has 0 saturated carbocycles. The van der Waals surface area contributed by atoms with Crippen molar-refractivity contribution < 1.29 is 18.6 Å². The largest absolute Gasteiger partial charge is 0.508 e. The zero-order valence-corrected chi connectivity index (χ0v) is 15.7. The van der Waals surface area contributed by atoms with Gasteiger partial charge in [0.2, 0.25) is 10.0 Å². The van der Waals surface area contributed by atoms with Crippen LogP contribution in [0.25, 0.3) is 0 Å². The smallest absolute Gasteiger partial charge is 0.247 e. The molecule has 2 aromatic carbocycles. The molecule has 2 N–H and O–H groups in total.